The highest BCUT2D eigenvalue weighted by atomic mass is 16.6. The minimum absolute atomic E-state index is 0.0665. The van der Waals surface area contributed by atoms with Gasteiger partial charge in [0, 0.05) is 23.9 Å². The zero-order chi connectivity index (χ0) is 16.0. The molecule has 0 aliphatic heterocycles. The summed E-state index contributed by atoms with van der Waals surface area (Å²) in [7, 11) is 0. The van der Waals surface area contributed by atoms with Gasteiger partial charge in [-0.25, -0.2) is 9.97 Å². The maximum Gasteiger partial charge on any atom is 0.269 e. The Bertz CT molecular complexity index is 1050. The molecule has 0 radical (unpaired) electrons. The zero-order valence-corrected chi connectivity index (χ0v) is 12.3. The molecule has 23 heavy (non-hydrogen) atoms. The van der Waals surface area contributed by atoms with Crippen molar-refractivity contribution in [1.29, 1.82) is 0 Å². The van der Waals surface area contributed by atoms with Crippen molar-refractivity contribution in [3.8, 4) is 11.3 Å². The Hall–Kier alpha value is -3.28. The predicted molar refractivity (Wildman–Crippen MR) is 87.3 cm³/mol. The van der Waals surface area contributed by atoms with Gasteiger partial charge in [-0.3, -0.25) is 14.5 Å². The first-order chi connectivity index (χ1) is 11.1. The van der Waals surface area contributed by atoms with E-state index in [9.17, 15) is 10.1 Å². The second-order valence-corrected chi connectivity index (χ2v) is 5.39. The van der Waals surface area contributed by atoms with E-state index in [1.54, 1.807) is 12.1 Å². The van der Waals surface area contributed by atoms with E-state index in [4.69, 9.17) is 0 Å². The average Bonchev–Trinajstić information content (AvgIpc) is 2.91. The Labute approximate surface area is 131 Å². The molecule has 2 aromatic heterocycles. The van der Waals surface area contributed by atoms with Gasteiger partial charge in [0.2, 0.25) is 5.78 Å². The van der Waals surface area contributed by atoms with Crippen LogP contribution in [-0.2, 0) is 0 Å². The van der Waals surface area contributed by atoms with Crippen LogP contribution in [0.3, 0.4) is 0 Å². The Morgan fingerprint density at radius 1 is 1.04 bits per heavy atom. The molecule has 112 valence electrons. The average molecular weight is 304 g/mol. The predicted octanol–water partition coefficient (Wildman–Crippen LogP) is 3.77. The van der Waals surface area contributed by atoms with Gasteiger partial charge in [0.05, 0.1) is 21.7 Å². The van der Waals surface area contributed by atoms with Crippen LogP contribution in [0.25, 0.3) is 28.1 Å². The highest BCUT2D eigenvalue weighted by Gasteiger charge is 2.09. The standard InChI is InChI=1S/C17H12N4O2/c1-11-2-7-16-15(10-11)19-17-18-14(8-9-20(16)17)12-3-5-13(6-4-12)21(22)23/h2-10H,1H3. The largest absolute Gasteiger partial charge is 0.284 e. The van der Waals surface area contributed by atoms with Gasteiger partial charge in [-0.15, -0.1) is 0 Å². The van der Waals surface area contributed by atoms with E-state index in [-0.39, 0.29) is 5.69 Å². The SMILES string of the molecule is Cc1ccc2c(c1)nc1nc(-c3ccc([N+](=O)[O-])cc3)ccn12. The summed E-state index contributed by atoms with van der Waals surface area (Å²) < 4.78 is 1.93. The van der Waals surface area contributed by atoms with Crippen molar-refractivity contribution in [3.63, 3.8) is 0 Å². The quantitative estimate of drug-likeness (QED) is 0.417. The maximum absolute atomic E-state index is 10.7. The molecule has 6 heteroatoms. The smallest absolute Gasteiger partial charge is 0.269 e. The van der Waals surface area contributed by atoms with Gasteiger partial charge in [-0.2, -0.15) is 0 Å². The minimum atomic E-state index is -0.413. The fraction of sp³-hybridized carbons (Fsp3) is 0.0588. The van der Waals surface area contributed by atoms with Gasteiger partial charge in [0.15, 0.2) is 0 Å². The second kappa shape index (κ2) is 4.88. The van der Waals surface area contributed by atoms with Crippen LogP contribution < -0.4 is 0 Å². The number of benzene rings is 2. The summed E-state index contributed by atoms with van der Waals surface area (Å²) in [5.41, 5.74) is 4.68. The third-order valence-electron chi connectivity index (χ3n) is 3.80. The summed E-state index contributed by atoms with van der Waals surface area (Å²) in [6.07, 6.45) is 1.92. The molecule has 0 amide bonds. The van der Waals surface area contributed by atoms with E-state index in [1.165, 1.54) is 12.1 Å². The summed E-state index contributed by atoms with van der Waals surface area (Å²) in [5, 5.41) is 10.7. The first kappa shape index (κ1) is 13.4. The molecular formula is C17H12N4O2. The van der Waals surface area contributed by atoms with Crippen molar-refractivity contribution < 1.29 is 4.92 Å². The lowest BCUT2D eigenvalue weighted by molar-refractivity contribution is -0.384. The summed E-state index contributed by atoms with van der Waals surface area (Å²) in [4.78, 5) is 19.4. The van der Waals surface area contributed by atoms with Crippen LogP contribution >= 0.6 is 0 Å². The second-order valence-electron chi connectivity index (χ2n) is 5.39. The molecule has 0 atom stereocenters. The van der Waals surface area contributed by atoms with Crippen molar-refractivity contribution in [3.05, 3.63) is 70.4 Å². The molecule has 4 rings (SSSR count). The molecule has 2 heterocycles. The van der Waals surface area contributed by atoms with Crippen LogP contribution in [0, 0.1) is 17.0 Å². The Morgan fingerprint density at radius 3 is 2.57 bits per heavy atom. The minimum Gasteiger partial charge on any atom is -0.284 e. The fourth-order valence-corrected chi connectivity index (χ4v) is 2.63. The maximum atomic E-state index is 10.7. The van der Waals surface area contributed by atoms with E-state index >= 15 is 0 Å². The number of nitrogens with zero attached hydrogens (tertiary/aromatic N) is 4. The first-order valence-corrected chi connectivity index (χ1v) is 7.12. The van der Waals surface area contributed by atoms with Gasteiger partial charge >= 0.3 is 0 Å². The molecular weight excluding hydrogens is 292 g/mol. The van der Waals surface area contributed by atoms with E-state index in [2.05, 4.69) is 9.97 Å². The van der Waals surface area contributed by atoms with Crippen molar-refractivity contribution in [2.75, 3.05) is 0 Å². The number of hydrogen-bond acceptors (Lipinski definition) is 4. The van der Waals surface area contributed by atoms with Crippen molar-refractivity contribution in [2.24, 2.45) is 0 Å². The normalized spacial score (nSPS) is 11.2. The van der Waals surface area contributed by atoms with Crippen molar-refractivity contribution in [2.45, 2.75) is 6.92 Å². The Morgan fingerprint density at radius 2 is 1.83 bits per heavy atom. The molecule has 0 bridgehead atoms. The van der Waals surface area contributed by atoms with Crippen molar-refractivity contribution in [1.82, 2.24) is 14.4 Å². The van der Waals surface area contributed by atoms with Crippen LogP contribution in [-0.4, -0.2) is 19.3 Å². The number of nitro benzene ring substituents is 1. The summed E-state index contributed by atoms with van der Waals surface area (Å²) in [6.45, 7) is 2.03. The van der Waals surface area contributed by atoms with Gasteiger partial charge in [0.1, 0.15) is 0 Å². The highest BCUT2D eigenvalue weighted by molar-refractivity contribution is 5.80. The van der Waals surface area contributed by atoms with E-state index < -0.39 is 4.92 Å². The number of aromatic nitrogens is 3. The number of rotatable bonds is 2. The highest BCUT2D eigenvalue weighted by Crippen LogP contribution is 2.23. The molecule has 6 nitrogen and oxygen atoms in total. The van der Waals surface area contributed by atoms with E-state index in [0.717, 1.165) is 27.9 Å². The lowest BCUT2D eigenvalue weighted by Gasteiger charge is -2.01. The molecule has 0 unspecified atom stereocenters. The van der Waals surface area contributed by atoms with E-state index in [0.29, 0.717) is 5.78 Å². The number of nitro groups is 1. The molecule has 0 spiro atoms. The molecule has 2 aromatic carbocycles. The fourth-order valence-electron chi connectivity index (χ4n) is 2.63. The molecule has 0 fully saturated rings. The molecule has 0 saturated heterocycles. The molecule has 0 saturated carbocycles. The monoisotopic (exact) mass is 304 g/mol. The van der Waals surface area contributed by atoms with E-state index in [1.807, 2.05) is 41.8 Å². The Balaban J connectivity index is 1.85. The molecule has 4 aromatic rings. The van der Waals surface area contributed by atoms with Crippen LogP contribution in [0.1, 0.15) is 5.56 Å². The Kier molecular flexibility index (Phi) is 2.84. The first-order valence-electron chi connectivity index (χ1n) is 7.12. The third-order valence-corrected chi connectivity index (χ3v) is 3.80. The molecule has 0 aliphatic carbocycles. The summed E-state index contributed by atoms with van der Waals surface area (Å²) in [5.74, 6) is 0.612. The van der Waals surface area contributed by atoms with Crippen molar-refractivity contribution >= 4 is 22.5 Å². The number of hydrogen-bond donors (Lipinski definition) is 0. The number of non-ortho nitro benzene ring substituents is 1. The number of aryl methyl sites for hydroxylation is 1. The van der Waals surface area contributed by atoms with Gasteiger partial charge in [-0.1, -0.05) is 6.07 Å². The van der Waals surface area contributed by atoms with Crippen LogP contribution in [0.5, 0.6) is 0 Å². The molecule has 0 aliphatic rings. The van der Waals surface area contributed by atoms with Gasteiger partial charge in [-0.05, 0) is 42.8 Å². The van der Waals surface area contributed by atoms with Crippen LogP contribution in [0.4, 0.5) is 5.69 Å². The molecule has 0 N–H and O–H groups in total. The number of fused-ring (bicyclic) bond motifs is 3. The summed E-state index contributed by atoms with van der Waals surface area (Å²) in [6, 6.07) is 14.3. The van der Waals surface area contributed by atoms with Crippen LogP contribution in [0.2, 0.25) is 0 Å². The van der Waals surface area contributed by atoms with Gasteiger partial charge < -0.3 is 0 Å². The summed E-state index contributed by atoms with van der Waals surface area (Å²) >= 11 is 0. The lowest BCUT2D eigenvalue weighted by Crippen LogP contribution is -1.92. The van der Waals surface area contributed by atoms with Crippen LogP contribution in [0.15, 0.2) is 54.7 Å². The topological polar surface area (TPSA) is 73.3 Å². The zero-order valence-electron chi connectivity index (χ0n) is 12.3. The third kappa shape index (κ3) is 2.20. The lowest BCUT2D eigenvalue weighted by atomic mass is 10.1. The number of imidazole rings is 1. The van der Waals surface area contributed by atoms with Gasteiger partial charge in [0.25, 0.3) is 5.69 Å².